The molecule has 0 saturated heterocycles. The van der Waals surface area contributed by atoms with E-state index >= 15 is 0 Å². The molecule has 4 heteroatoms. The van der Waals surface area contributed by atoms with Gasteiger partial charge >= 0.3 is 0 Å². The molecule has 1 aromatic heterocycles. The Hall–Kier alpha value is -0.940. The van der Waals surface area contributed by atoms with Crippen LogP contribution >= 0.6 is 11.3 Å². The van der Waals surface area contributed by atoms with E-state index in [2.05, 4.69) is 22.8 Å². The molecule has 2 rings (SSSR count). The first kappa shape index (κ1) is 12.5. The van der Waals surface area contributed by atoms with Crippen LogP contribution in [0.4, 0.5) is 0 Å². The molecular formula is C13H17NO2S. The minimum Gasteiger partial charge on any atom is -0.394 e. The monoisotopic (exact) mass is 251 g/mol. The number of aliphatic hydroxyl groups excluding tert-OH is 1. The first-order chi connectivity index (χ1) is 8.36. The van der Waals surface area contributed by atoms with Crippen LogP contribution in [0.2, 0.25) is 0 Å². The smallest absolute Gasteiger partial charge is 0.0627 e. The summed E-state index contributed by atoms with van der Waals surface area (Å²) < 4.78 is 6.26. The molecule has 0 spiro atoms. The van der Waals surface area contributed by atoms with Gasteiger partial charge in [-0.05, 0) is 22.4 Å². The van der Waals surface area contributed by atoms with E-state index in [1.807, 2.05) is 12.1 Å². The van der Waals surface area contributed by atoms with E-state index in [4.69, 9.17) is 4.74 Å². The number of nitrogens with one attached hydrogen (secondary N) is 1. The first-order valence-corrected chi connectivity index (χ1v) is 6.54. The Morgan fingerprint density at radius 1 is 1.41 bits per heavy atom. The molecule has 3 nitrogen and oxygen atoms in total. The van der Waals surface area contributed by atoms with E-state index in [-0.39, 0.29) is 12.6 Å². The SMILES string of the molecule is COCCNC(CO)c1csc2ccccc12. The van der Waals surface area contributed by atoms with Gasteiger partial charge in [-0.1, -0.05) is 18.2 Å². The molecule has 1 unspecified atom stereocenters. The quantitative estimate of drug-likeness (QED) is 0.773. The third-order valence-electron chi connectivity index (χ3n) is 2.77. The van der Waals surface area contributed by atoms with Crippen LogP contribution in [0.15, 0.2) is 29.6 Å². The summed E-state index contributed by atoms with van der Waals surface area (Å²) in [6.45, 7) is 1.49. The molecule has 92 valence electrons. The number of methoxy groups -OCH3 is 1. The van der Waals surface area contributed by atoms with Gasteiger partial charge in [0.25, 0.3) is 0 Å². The van der Waals surface area contributed by atoms with Gasteiger partial charge in [-0.25, -0.2) is 0 Å². The third-order valence-corrected chi connectivity index (χ3v) is 3.75. The molecule has 0 aliphatic heterocycles. The van der Waals surface area contributed by atoms with E-state index in [9.17, 15) is 5.11 Å². The van der Waals surface area contributed by atoms with Gasteiger partial charge < -0.3 is 15.2 Å². The summed E-state index contributed by atoms with van der Waals surface area (Å²) in [6, 6.07) is 8.26. The minimum atomic E-state index is -0.0127. The molecule has 17 heavy (non-hydrogen) atoms. The van der Waals surface area contributed by atoms with Crippen molar-refractivity contribution in [1.82, 2.24) is 5.32 Å². The van der Waals surface area contributed by atoms with Gasteiger partial charge in [0.05, 0.1) is 19.3 Å². The van der Waals surface area contributed by atoms with Crippen molar-refractivity contribution < 1.29 is 9.84 Å². The zero-order valence-electron chi connectivity index (χ0n) is 9.85. The normalized spacial score (nSPS) is 13.1. The van der Waals surface area contributed by atoms with Gasteiger partial charge in [0.15, 0.2) is 0 Å². The zero-order chi connectivity index (χ0) is 12.1. The maximum absolute atomic E-state index is 9.46. The van der Waals surface area contributed by atoms with Gasteiger partial charge in [0, 0.05) is 18.4 Å². The third kappa shape index (κ3) is 2.84. The van der Waals surface area contributed by atoms with Crippen LogP contribution in [0.1, 0.15) is 11.6 Å². The van der Waals surface area contributed by atoms with Crippen molar-refractivity contribution in [2.45, 2.75) is 6.04 Å². The lowest BCUT2D eigenvalue weighted by molar-refractivity contribution is 0.184. The van der Waals surface area contributed by atoms with E-state index in [1.165, 1.54) is 15.6 Å². The number of hydrogen-bond acceptors (Lipinski definition) is 4. The summed E-state index contributed by atoms with van der Waals surface area (Å²) in [5.41, 5.74) is 1.17. The number of thiophene rings is 1. The van der Waals surface area contributed by atoms with Crippen molar-refractivity contribution >= 4 is 21.4 Å². The molecule has 0 bridgehead atoms. The summed E-state index contributed by atoms with van der Waals surface area (Å²) in [7, 11) is 1.68. The van der Waals surface area contributed by atoms with Crippen LogP contribution in [-0.4, -0.2) is 32.0 Å². The fourth-order valence-corrected chi connectivity index (χ4v) is 2.89. The first-order valence-electron chi connectivity index (χ1n) is 5.66. The molecule has 1 aromatic carbocycles. The van der Waals surface area contributed by atoms with Crippen LogP contribution in [0.5, 0.6) is 0 Å². The van der Waals surface area contributed by atoms with Gasteiger partial charge in [0.2, 0.25) is 0 Å². The Morgan fingerprint density at radius 3 is 3.00 bits per heavy atom. The number of ether oxygens (including phenoxy) is 1. The highest BCUT2D eigenvalue weighted by Crippen LogP contribution is 2.29. The fourth-order valence-electron chi connectivity index (χ4n) is 1.88. The molecule has 2 aromatic rings. The molecule has 1 heterocycles. The molecular weight excluding hydrogens is 234 g/mol. The molecule has 1 atom stereocenters. The van der Waals surface area contributed by atoms with Gasteiger partial charge in [0.1, 0.15) is 0 Å². The van der Waals surface area contributed by atoms with Crippen molar-refractivity contribution in [2.75, 3.05) is 26.9 Å². The summed E-state index contributed by atoms with van der Waals surface area (Å²) in [6.07, 6.45) is 0. The van der Waals surface area contributed by atoms with Crippen molar-refractivity contribution in [3.05, 3.63) is 35.2 Å². The van der Waals surface area contributed by atoms with Crippen molar-refractivity contribution in [3.63, 3.8) is 0 Å². The molecule has 0 radical (unpaired) electrons. The number of hydrogen-bond donors (Lipinski definition) is 2. The Bertz CT molecular complexity index is 469. The Labute approximate surface area is 105 Å². The van der Waals surface area contributed by atoms with Crippen LogP contribution in [0, 0.1) is 0 Å². The number of fused-ring (bicyclic) bond motifs is 1. The summed E-state index contributed by atoms with van der Waals surface area (Å²) >= 11 is 1.71. The molecule has 0 saturated carbocycles. The largest absolute Gasteiger partial charge is 0.394 e. The predicted octanol–water partition coefficient (Wildman–Crippen LogP) is 2.17. The Kier molecular flexibility index (Phi) is 4.50. The van der Waals surface area contributed by atoms with E-state index < -0.39 is 0 Å². The average Bonchev–Trinajstić information content (AvgIpc) is 2.79. The second kappa shape index (κ2) is 6.12. The van der Waals surface area contributed by atoms with Crippen LogP contribution in [0.3, 0.4) is 0 Å². The highest BCUT2D eigenvalue weighted by molar-refractivity contribution is 7.17. The van der Waals surface area contributed by atoms with Crippen molar-refractivity contribution in [1.29, 1.82) is 0 Å². The molecule has 0 fully saturated rings. The van der Waals surface area contributed by atoms with Gasteiger partial charge in [-0.15, -0.1) is 11.3 Å². The van der Waals surface area contributed by atoms with Crippen LogP contribution in [0.25, 0.3) is 10.1 Å². The predicted molar refractivity (Wildman–Crippen MR) is 71.5 cm³/mol. The maximum atomic E-state index is 9.46. The van der Waals surface area contributed by atoms with Crippen LogP contribution in [-0.2, 0) is 4.74 Å². The molecule has 0 amide bonds. The highest BCUT2D eigenvalue weighted by atomic mass is 32.1. The van der Waals surface area contributed by atoms with E-state index in [1.54, 1.807) is 18.4 Å². The Balaban J connectivity index is 2.18. The lowest BCUT2D eigenvalue weighted by Crippen LogP contribution is -2.27. The standard InChI is InChI=1S/C13H17NO2S/c1-16-7-6-14-12(8-15)11-9-17-13-5-3-2-4-10(11)13/h2-5,9,12,14-15H,6-8H2,1H3. The maximum Gasteiger partial charge on any atom is 0.0627 e. The van der Waals surface area contributed by atoms with Gasteiger partial charge in [-0.2, -0.15) is 0 Å². The number of benzene rings is 1. The summed E-state index contributed by atoms with van der Waals surface area (Å²) in [5.74, 6) is 0. The Morgan fingerprint density at radius 2 is 2.24 bits per heavy atom. The van der Waals surface area contributed by atoms with Crippen molar-refractivity contribution in [2.24, 2.45) is 0 Å². The second-order valence-corrected chi connectivity index (χ2v) is 4.78. The highest BCUT2D eigenvalue weighted by Gasteiger charge is 2.13. The van der Waals surface area contributed by atoms with Crippen LogP contribution < -0.4 is 5.32 Å². The number of rotatable bonds is 6. The van der Waals surface area contributed by atoms with Gasteiger partial charge in [-0.3, -0.25) is 0 Å². The molecule has 0 aliphatic carbocycles. The second-order valence-electron chi connectivity index (χ2n) is 3.87. The molecule has 0 aliphatic rings. The van der Waals surface area contributed by atoms with Crippen molar-refractivity contribution in [3.8, 4) is 0 Å². The average molecular weight is 251 g/mol. The topological polar surface area (TPSA) is 41.5 Å². The minimum absolute atomic E-state index is 0.0127. The van der Waals surface area contributed by atoms with E-state index in [0.29, 0.717) is 6.61 Å². The zero-order valence-corrected chi connectivity index (χ0v) is 10.7. The summed E-state index contributed by atoms with van der Waals surface area (Å²) in [5, 5.41) is 16.1. The lowest BCUT2D eigenvalue weighted by Gasteiger charge is -2.15. The fraction of sp³-hybridized carbons (Fsp3) is 0.385. The summed E-state index contributed by atoms with van der Waals surface area (Å²) in [4.78, 5) is 0. The number of aliphatic hydroxyl groups is 1. The lowest BCUT2D eigenvalue weighted by atomic mass is 10.1. The molecule has 2 N–H and O–H groups in total. The van der Waals surface area contributed by atoms with E-state index in [0.717, 1.165) is 6.54 Å².